The van der Waals surface area contributed by atoms with Crippen LogP contribution in [0, 0.1) is 0 Å². The molecule has 0 saturated carbocycles. The van der Waals surface area contributed by atoms with Crippen LogP contribution >= 0.6 is 0 Å². The third-order valence-corrected chi connectivity index (χ3v) is 4.43. The monoisotopic (exact) mass is 380 g/mol. The molecule has 4 heteroatoms. The Morgan fingerprint density at radius 1 is 0.964 bits per heavy atom. The molecule has 0 aliphatic heterocycles. The first-order chi connectivity index (χ1) is 13.5. The molecule has 4 nitrogen and oxygen atoms in total. The molecule has 0 bridgehead atoms. The summed E-state index contributed by atoms with van der Waals surface area (Å²) in [5.41, 5.74) is 3.53. The van der Waals surface area contributed by atoms with E-state index < -0.39 is 0 Å². The minimum Gasteiger partial charge on any atom is -0.513 e. The van der Waals surface area contributed by atoms with E-state index in [4.69, 9.17) is 14.2 Å². The van der Waals surface area contributed by atoms with Crippen molar-refractivity contribution < 1.29 is 19.3 Å². The molecule has 28 heavy (non-hydrogen) atoms. The zero-order valence-electron chi connectivity index (χ0n) is 16.7. The first-order valence-electron chi connectivity index (χ1n) is 9.17. The summed E-state index contributed by atoms with van der Waals surface area (Å²) in [5, 5.41) is 9.18. The predicted molar refractivity (Wildman–Crippen MR) is 115 cm³/mol. The van der Waals surface area contributed by atoms with Crippen molar-refractivity contribution in [1.82, 2.24) is 0 Å². The van der Waals surface area contributed by atoms with E-state index in [-0.39, 0.29) is 5.76 Å². The van der Waals surface area contributed by atoms with Crippen LogP contribution in [-0.4, -0.2) is 25.9 Å². The molecule has 1 N–H and O–H groups in total. The van der Waals surface area contributed by atoms with Gasteiger partial charge in [0.2, 0.25) is 0 Å². The highest BCUT2D eigenvalue weighted by Gasteiger charge is 2.14. The van der Waals surface area contributed by atoms with E-state index in [1.165, 1.54) is 0 Å². The molecular weight excluding hydrogens is 352 g/mol. The Hall–Kier alpha value is -3.14. The summed E-state index contributed by atoms with van der Waals surface area (Å²) < 4.78 is 16.8. The Balaban J connectivity index is 2.31. The molecule has 0 radical (unpaired) electrons. The maximum Gasteiger partial charge on any atom is 0.127 e. The number of ether oxygens (including phenoxy) is 3. The lowest BCUT2D eigenvalue weighted by Gasteiger charge is -2.17. The van der Waals surface area contributed by atoms with Crippen molar-refractivity contribution in [2.75, 3.05) is 20.8 Å². The van der Waals surface area contributed by atoms with Crippen LogP contribution in [-0.2, 0) is 0 Å². The molecular formula is C24H28O4. The van der Waals surface area contributed by atoms with Crippen LogP contribution in [0.3, 0.4) is 0 Å². The minimum absolute atomic E-state index is 0.202. The van der Waals surface area contributed by atoms with Crippen LogP contribution in [0.2, 0.25) is 0 Å². The molecule has 0 aliphatic rings. The molecule has 0 heterocycles. The van der Waals surface area contributed by atoms with Crippen LogP contribution in [0.25, 0.3) is 11.6 Å². The molecule has 0 amide bonds. The lowest BCUT2D eigenvalue weighted by atomic mass is 9.94. The summed E-state index contributed by atoms with van der Waals surface area (Å²) in [6.45, 7) is 12.2. The van der Waals surface area contributed by atoms with Crippen molar-refractivity contribution in [1.29, 1.82) is 0 Å². The van der Waals surface area contributed by atoms with Crippen molar-refractivity contribution in [3.05, 3.63) is 78.6 Å². The van der Waals surface area contributed by atoms with E-state index in [2.05, 4.69) is 19.7 Å². The van der Waals surface area contributed by atoms with Crippen molar-refractivity contribution in [2.45, 2.75) is 19.3 Å². The number of unbranched alkanes of at least 4 members (excludes halogenated alkanes) is 1. The van der Waals surface area contributed by atoms with Gasteiger partial charge in [-0.1, -0.05) is 31.9 Å². The van der Waals surface area contributed by atoms with Crippen molar-refractivity contribution >= 4 is 11.6 Å². The molecule has 0 spiro atoms. The Bertz CT molecular complexity index is 852. The molecule has 0 aliphatic carbocycles. The fourth-order valence-electron chi connectivity index (χ4n) is 2.86. The van der Waals surface area contributed by atoms with Gasteiger partial charge in [-0.15, -0.1) is 0 Å². The van der Waals surface area contributed by atoms with Crippen LogP contribution in [0.4, 0.5) is 0 Å². The molecule has 2 aromatic carbocycles. The molecule has 2 rings (SSSR count). The summed E-state index contributed by atoms with van der Waals surface area (Å²) >= 11 is 0. The number of benzene rings is 2. The maximum atomic E-state index is 9.18. The van der Waals surface area contributed by atoms with Gasteiger partial charge in [0.05, 0.1) is 26.6 Å². The Kier molecular flexibility index (Phi) is 7.76. The number of hydrogen-bond donors (Lipinski definition) is 1. The number of allylic oxidation sites excluding steroid dienone is 1. The van der Waals surface area contributed by atoms with Gasteiger partial charge in [-0.05, 0) is 59.9 Å². The van der Waals surface area contributed by atoms with Gasteiger partial charge >= 0.3 is 0 Å². The number of hydrogen-bond acceptors (Lipinski definition) is 4. The fourth-order valence-corrected chi connectivity index (χ4v) is 2.86. The van der Waals surface area contributed by atoms with Crippen molar-refractivity contribution in [2.24, 2.45) is 0 Å². The van der Waals surface area contributed by atoms with Gasteiger partial charge in [0, 0.05) is 12.0 Å². The number of rotatable bonds is 11. The second-order valence-electron chi connectivity index (χ2n) is 6.37. The zero-order chi connectivity index (χ0) is 20.5. The number of methoxy groups -OCH3 is 2. The molecule has 0 fully saturated rings. The van der Waals surface area contributed by atoms with Gasteiger partial charge in [-0.25, -0.2) is 0 Å². The zero-order valence-corrected chi connectivity index (χ0v) is 16.7. The largest absolute Gasteiger partial charge is 0.513 e. The van der Waals surface area contributed by atoms with Crippen molar-refractivity contribution in [3.8, 4) is 17.2 Å². The Morgan fingerprint density at radius 2 is 1.61 bits per heavy atom. The lowest BCUT2D eigenvalue weighted by Crippen LogP contribution is -2.02. The number of aliphatic hydroxyl groups is 1. The molecule has 2 aromatic rings. The molecule has 0 unspecified atom stereocenters. The summed E-state index contributed by atoms with van der Waals surface area (Å²) in [6.07, 6.45) is 4.01. The Labute approximate surface area is 167 Å². The van der Waals surface area contributed by atoms with Crippen molar-refractivity contribution in [3.63, 3.8) is 0 Å². The first-order valence-corrected chi connectivity index (χ1v) is 9.17. The molecule has 148 valence electrons. The first kappa shape index (κ1) is 21.2. The lowest BCUT2D eigenvalue weighted by molar-refractivity contribution is 0.299. The standard InChI is InChI=1S/C24H28O4/c1-6-19-10-11-20(26-4)15-22(19)18(3)23-16-21(27-5)12-13-24(23)28-14-8-7-9-17(2)25/h6,10-13,15-16,25H,1-3,7-9,14H2,4-5H3. The van der Waals surface area contributed by atoms with Gasteiger partial charge in [0.15, 0.2) is 0 Å². The summed E-state index contributed by atoms with van der Waals surface area (Å²) in [6, 6.07) is 11.5. The maximum absolute atomic E-state index is 9.18. The predicted octanol–water partition coefficient (Wildman–Crippen LogP) is 6.03. The second-order valence-corrected chi connectivity index (χ2v) is 6.37. The third kappa shape index (κ3) is 5.43. The average Bonchev–Trinajstić information content (AvgIpc) is 2.72. The van der Waals surface area contributed by atoms with Crippen LogP contribution in [0.15, 0.2) is 61.9 Å². The Morgan fingerprint density at radius 3 is 2.21 bits per heavy atom. The van der Waals surface area contributed by atoms with E-state index in [0.717, 1.165) is 52.4 Å². The van der Waals surface area contributed by atoms with E-state index in [0.29, 0.717) is 13.0 Å². The highest BCUT2D eigenvalue weighted by Crippen LogP contribution is 2.36. The highest BCUT2D eigenvalue weighted by molar-refractivity contribution is 5.86. The van der Waals surface area contributed by atoms with Gasteiger partial charge in [-0.3, -0.25) is 0 Å². The SMILES string of the molecule is C=Cc1ccc(OC)cc1C(=C)c1cc(OC)ccc1OCCCCC(=C)O. The van der Waals surface area contributed by atoms with Crippen LogP contribution < -0.4 is 14.2 Å². The normalized spacial score (nSPS) is 10.2. The average molecular weight is 380 g/mol. The van der Waals surface area contributed by atoms with E-state index in [1.807, 2.05) is 36.4 Å². The van der Waals surface area contributed by atoms with Gasteiger partial charge in [0.1, 0.15) is 17.2 Å². The smallest absolute Gasteiger partial charge is 0.127 e. The molecule has 0 atom stereocenters. The topological polar surface area (TPSA) is 47.9 Å². The minimum atomic E-state index is 0.202. The van der Waals surface area contributed by atoms with E-state index >= 15 is 0 Å². The van der Waals surface area contributed by atoms with Gasteiger partial charge < -0.3 is 19.3 Å². The molecule has 0 aromatic heterocycles. The summed E-state index contributed by atoms with van der Waals surface area (Å²) in [5.74, 6) is 2.40. The fraction of sp³-hybridized carbons (Fsp3) is 0.250. The second kappa shape index (κ2) is 10.3. The summed E-state index contributed by atoms with van der Waals surface area (Å²) in [4.78, 5) is 0. The van der Waals surface area contributed by atoms with Gasteiger partial charge in [0.25, 0.3) is 0 Å². The quantitative estimate of drug-likeness (QED) is 0.382. The summed E-state index contributed by atoms with van der Waals surface area (Å²) in [7, 11) is 3.27. The third-order valence-electron chi connectivity index (χ3n) is 4.43. The van der Waals surface area contributed by atoms with Crippen LogP contribution in [0.5, 0.6) is 17.2 Å². The number of aliphatic hydroxyl groups excluding tert-OH is 1. The highest BCUT2D eigenvalue weighted by atomic mass is 16.5. The van der Waals surface area contributed by atoms with E-state index in [1.54, 1.807) is 20.3 Å². The van der Waals surface area contributed by atoms with Gasteiger partial charge in [-0.2, -0.15) is 0 Å². The van der Waals surface area contributed by atoms with E-state index in [9.17, 15) is 5.11 Å². The van der Waals surface area contributed by atoms with Crippen LogP contribution in [0.1, 0.15) is 36.0 Å². The molecule has 0 saturated heterocycles.